The molecule has 2 heterocycles. The van der Waals surface area contributed by atoms with Gasteiger partial charge in [-0.2, -0.15) is 0 Å². The first kappa shape index (κ1) is 14.2. The Balaban J connectivity index is 2.29. The van der Waals surface area contributed by atoms with E-state index in [-0.39, 0.29) is 11.2 Å². The van der Waals surface area contributed by atoms with Gasteiger partial charge in [0, 0.05) is 22.8 Å². The average molecular weight is 320 g/mol. The van der Waals surface area contributed by atoms with E-state index in [9.17, 15) is 14.4 Å². The summed E-state index contributed by atoms with van der Waals surface area (Å²) < 4.78 is 1.62. The van der Waals surface area contributed by atoms with Gasteiger partial charge in [-0.3, -0.25) is 14.4 Å². The summed E-state index contributed by atoms with van der Waals surface area (Å²) in [5.74, 6) is -1.94. The minimum Gasteiger partial charge on any atom is -0.480 e. The molecule has 0 aliphatic carbocycles. The second-order valence-corrected chi connectivity index (χ2v) is 5.06. The van der Waals surface area contributed by atoms with E-state index in [2.05, 4.69) is 10.3 Å². The summed E-state index contributed by atoms with van der Waals surface area (Å²) in [5.41, 5.74) is 0.212. The maximum Gasteiger partial charge on any atom is 0.322 e. The van der Waals surface area contributed by atoms with Crippen molar-refractivity contribution in [3.8, 4) is 0 Å². The Hall–Kier alpha value is -2.80. The van der Waals surface area contributed by atoms with E-state index in [4.69, 9.17) is 16.7 Å². The van der Waals surface area contributed by atoms with Crippen LogP contribution in [0.3, 0.4) is 0 Å². The highest BCUT2D eigenvalue weighted by atomic mass is 35.5. The number of rotatable bonds is 3. The molecule has 8 heteroatoms. The number of nitrogens with one attached hydrogen (secondary N) is 2. The lowest BCUT2D eigenvalue weighted by Crippen LogP contribution is -2.33. The molecule has 2 aromatic heterocycles. The number of aliphatic carboxylic acids is 1. The third-order valence-electron chi connectivity index (χ3n) is 3.24. The molecule has 3 N–H and O–H groups in total. The molecular formula is C14H10ClN3O4. The van der Waals surface area contributed by atoms with Crippen LogP contribution in [-0.2, 0) is 4.79 Å². The van der Waals surface area contributed by atoms with Crippen molar-refractivity contribution in [1.82, 2.24) is 14.7 Å². The number of hydrogen-bond acceptors (Lipinski definition) is 3. The van der Waals surface area contributed by atoms with Crippen LogP contribution >= 0.6 is 11.6 Å². The second-order valence-electron chi connectivity index (χ2n) is 4.62. The van der Waals surface area contributed by atoms with Crippen LogP contribution in [0.15, 0.2) is 35.4 Å². The van der Waals surface area contributed by atoms with Gasteiger partial charge in [-0.05, 0) is 18.2 Å². The maximum absolute atomic E-state index is 12.6. The van der Waals surface area contributed by atoms with Crippen LogP contribution in [0.25, 0.3) is 16.6 Å². The zero-order chi connectivity index (χ0) is 15.9. The van der Waals surface area contributed by atoms with E-state index < -0.39 is 23.9 Å². The Morgan fingerprint density at radius 3 is 2.86 bits per heavy atom. The molecule has 0 saturated carbocycles. The van der Waals surface area contributed by atoms with Gasteiger partial charge >= 0.3 is 5.97 Å². The van der Waals surface area contributed by atoms with Crippen molar-refractivity contribution < 1.29 is 14.7 Å². The summed E-state index contributed by atoms with van der Waals surface area (Å²) in [6.07, 6.45) is 3.23. The molecule has 7 nitrogen and oxygen atoms in total. The van der Waals surface area contributed by atoms with Crippen LogP contribution in [0.1, 0.15) is 10.4 Å². The average Bonchev–Trinajstić information content (AvgIpc) is 2.94. The third-order valence-corrected chi connectivity index (χ3v) is 3.47. The number of carbonyl (C=O) groups is 2. The molecule has 0 fully saturated rings. The van der Waals surface area contributed by atoms with Crippen molar-refractivity contribution in [2.24, 2.45) is 0 Å². The summed E-state index contributed by atoms with van der Waals surface area (Å²) in [4.78, 5) is 38.1. The summed E-state index contributed by atoms with van der Waals surface area (Å²) in [5, 5.41) is 11.6. The van der Waals surface area contributed by atoms with Crippen molar-refractivity contribution in [1.29, 1.82) is 0 Å². The zero-order valence-corrected chi connectivity index (χ0v) is 11.8. The number of nitrogens with zero attached hydrogens (tertiary/aromatic N) is 1. The number of carboxylic acid groups (broad SMARTS) is 1. The quantitative estimate of drug-likeness (QED) is 0.675. The number of pyridine rings is 1. The van der Waals surface area contributed by atoms with Crippen LogP contribution in [0.4, 0.5) is 0 Å². The number of benzene rings is 1. The molecule has 0 aliphatic rings. The summed E-state index contributed by atoms with van der Waals surface area (Å²) in [6.45, 7) is -0.566. The van der Waals surface area contributed by atoms with Crippen LogP contribution in [0, 0.1) is 0 Å². The Morgan fingerprint density at radius 2 is 2.14 bits per heavy atom. The molecule has 0 spiro atoms. The van der Waals surface area contributed by atoms with E-state index >= 15 is 0 Å². The molecule has 0 atom stereocenters. The van der Waals surface area contributed by atoms with E-state index in [1.54, 1.807) is 28.9 Å². The minimum atomic E-state index is -1.19. The molecule has 3 aromatic rings. The number of aromatic nitrogens is 2. The molecule has 112 valence electrons. The predicted molar refractivity (Wildman–Crippen MR) is 80.5 cm³/mol. The highest BCUT2D eigenvalue weighted by Gasteiger charge is 2.19. The molecule has 1 aromatic carbocycles. The molecule has 0 bridgehead atoms. The third kappa shape index (κ3) is 2.21. The minimum absolute atomic E-state index is 0.138. The van der Waals surface area contributed by atoms with Gasteiger partial charge in [-0.1, -0.05) is 11.6 Å². The number of imidazole rings is 1. The fourth-order valence-electron chi connectivity index (χ4n) is 2.32. The molecule has 22 heavy (non-hydrogen) atoms. The van der Waals surface area contributed by atoms with E-state index in [1.165, 1.54) is 6.07 Å². The predicted octanol–water partition coefficient (Wildman–Crippen LogP) is 1.25. The van der Waals surface area contributed by atoms with Crippen LogP contribution in [-0.4, -0.2) is 32.9 Å². The van der Waals surface area contributed by atoms with Gasteiger partial charge in [0.1, 0.15) is 17.8 Å². The van der Waals surface area contributed by atoms with Gasteiger partial charge < -0.3 is 19.8 Å². The molecular weight excluding hydrogens is 310 g/mol. The van der Waals surface area contributed by atoms with Crippen LogP contribution < -0.4 is 10.7 Å². The SMILES string of the molecule is O=C(O)CNC(=O)c1c(=O)c2ccc(Cl)cc2n2cc[nH]c12. The normalized spacial score (nSPS) is 11.0. The van der Waals surface area contributed by atoms with Crippen molar-refractivity contribution in [3.63, 3.8) is 0 Å². The summed E-state index contributed by atoms with van der Waals surface area (Å²) in [6, 6.07) is 4.72. The molecule has 0 unspecified atom stereocenters. The Bertz CT molecular complexity index is 973. The lowest BCUT2D eigenvalue weighted by molar-refractivity contribution is -0.135. The standard InChI is InChI=1S/C14H10ClN3O4/c15-7-1-2-8-9(5-7)18-4-3-16-13(18)11(12(8)21)14(22)17-6-10(19)20/h1-5,16H,6H2,(H,17,22)(H,19,20). The number of carbonyl (C=O) groups excluding carboxylic acids is 1. The van der Waals surface area contributed by atoms with E-state index in [0.29, 0.717) is 15.9 Å². The second kappa shape index (κ2) is 5.19. The first-order valence-electron chi connectivity index (χ1n) is 6.30. The molecule has 3 rings (SSSR count). The van der Waals surface area contributed by atoms with Crippen molar-refractivity contribution >= 4 is 40.0 Å². The zero-order valence-electron chi connectivity index (χ0n) is 11.1. The fourth-order valence-corrected chi connectivity index (χ4v) is 2.49. The number of amides is 1. The van der Waals surface area contributed by atoms with Gasteiger partial charge in [-0.15, -0.1) is 0 Å². The van der Waals surface area contributed by atoms with Crippen molar-refractivity contribution in [3.05, 3.63) is 51.4 Å². The highest BCUT2D eigenvalue weighted by molar-refractivity contribution is 6.31. The van der Waals surface area contributed by atoms with Gasteiger partial charge in [-0.25, -0.2) is 0 Å². The van der Waals surface area contributed by atoms with E-state index in [0.717, 1.165) is 0 Å². The van der Waals surface area contributed by atoms with Crippen LogP contribution in [0.2, 0.25) is 5.02 Å². The first-order valence-corrected chi connectivity index (χ1v) is 6.68. The lowest BCUT2D eigenvalue weighted by Gasteiger charge is -2.08. The number of aromatic amines is 1. The lowest BCUT2D eigenvalue weighted by atomic mass is 10.1. The smallest absolute Gasteiger partial charge is 0.322 e. The number of hydrogen-bond donors (Lipinski definition) is 3. The maximum atomic E-state index is 12.6. The summed E-state index contributed by atoms with van der Waals surface area (Å²) >= 11 is 5.96. The van der Waals surface area contributed by atoms with Gasteiger partial charge in [0.15, 0.2) is 0 Å². The Labute approximate surface area is 128 Å². The first-order chi connectivity index (χ1) is 10.5. The van der Waals surface area contributed by atoms with Gasteiger partial charge in [0.25, 0.3) is 5.91 Å². The largest absolute Gasteiger partial charge is 0.480 e. The Morgan fingerprint density at radius 1 is 1.36 bits per heavy atom. The number of H-pyrrole nitrogens is 1. The molecule has 1 amide bonds. The molecule has 0 radical (unpaired) electrons. The highest BCUT2D eigenvalue weighted by Crippen LogP contribution is 2.20. The number of fused-ring (bicyclic) bond motifs is 3. The van der Waals surface area contributed by atoms with E-state index in [1.807, 2.05) is 0 Å². The monoisotopic (exact) mass is 319 g/mol. The van der Waals surface area contributed by atoms with Crippen molar-refractivity contribution in [2.75, 3.05) is 6.54 Å². The molecule has 0 saturated heterocycles. The summed E-state index contributed by atoms with van der Waals surface area (Å²) in [7, 11) is 0. The molecule has 0 aliphatic heterocycles. The topological polar surface area (TPSA) is 104 Å². The van der Waals surface area contributed by atoms with Crippen molar-refractivity contribution in [2.45, 2.75) is 0 Å². The number of halogens is 1. The fraction of sp³-hybridized carbons (Fsp3) is 0.0714. The van der Waals surface area contributed by atoms with Crippen LogP contribution in [0.5, 0.6) is 0 Å². The number of carboxylic acids is 1. The van der Waals surface area contributed by atoms with Gasteiger partial charge in [0.2, 0.25) is 5.43 Å². The van der Waals surface area contributed by atoms with Gasteiger partial charge in [0.05, 0.1) is 5.52 Å². The Kier molecular flexibility index (Phi) is 3.34.